The molecule has 0 amide bonds. The highest BCUT2D eigenvalue weighted by atomic mass is 79.9. The molecular weight excluding hydrogens is 462 g/mol. The van der Waals surface area contributed by atoms with Gasteiger partial charge in [-0.25, -0.2) is 13.6 Å². The molecular formula is C20H18BrNO4S2. The van der Waals surface area contributed by atoms with Gasteiger partial charge in [0, 0.05) is 5.56 Å². The molecule has 146 valence electrons. The number of halogens is 1. The average Bonchev–Trinajstić information content (AvgIpc) is 3.10. The van der Waals surface area contributed by atoms with E-state index in [0.717, 1.165) is 42.4 Å². The standard InChI is InChI=1S/C20H18BrNO4S2/c1-25-15-3-2-4-16-19(15)13-6-5-12(9-10-28(22,23)24)11-14(13)20(26-16)17-7-8-18(21)27-17/h2-8,11,20H,9-10H2,1H3,(H2,22,23,24). The summed E-state index contributed by atoms with van der Waals surface area (Å²) >= 11 is 5.13. The zero-order valence-electron chi connectivity index (χ0n) is 15.0. The van der Waals surface area contributed by atoms with Crippen LogP contribution in [0.1, 0.15) is 22.1 Å². The molecule has 1 aliphatic rings. The van der Waals surface area contributed by atoms with E-state index in [2.05, 4.69) is 15.9 Å². The van der Waals surface area contributed by atoms with Crippen LogP contribution >= 0.6 is 27.3 Å². The van der Waals surface area contributed by atoms with E-state index >= 15 is 0 Å². The van der Waals surface area contributed by atoms with Gasteiger partial charge in [0.1, 0.15) is 11.5 Å². The molecule has 2 heterocycles. The van der Waals surface area contributed by atoms with Crippen molar-refractivity contribution in [1.29, 1.82) is 0 Å². The highest BCUT2D eigenvalue weighted by Gasteiger charge is 2.30. The number of methoxy groups -OCH3 is 1. The minimum atomic E-state index is -3.52. The lowest BCUT2D eigenvalue weighted by atomic mass is 9.89. The Balaban J connectivity index is 1.85. The molecule has 0 bridgehead atoms. The van der Waals surface area contributed by atoms with Crippen LogP contribution < -0.4 is 14.6 Å². The van der Waals surface area contributed by atoms with Crippen LogP contribution in [0.25, 0.3) is 11.1 Å². The number of aryl methyl sites for hydroxylation is 1. The van der Waals surface area contributed by atoms with Crippen molar-refractivity contribution in [3.8, 4) is 22.6 Å². The van der Waals surface area contributed by atoms with Gasteiger partial charge in [-0.3, -0.25) is 0 Å². The molecule has 0 saturated carbocycles. The van der Waals surface area contributed by atoms with E-state index in [1.54, 1.807) is 18.4 Å². The highest BCUT2D eigenvalue weighted by molar-refractivity contribution is 9.11. The Labute approximate surface area is 176 Å². The summed E-state index contributed by atoms with van der Waals surface area (Å²) in [7, 11) is -1.88. The van der Waals surface area contributed by atoms with Gasteiger partial charge in [-0.1, -0.05) is 24.3 Å². The Morgan fingerprint density at radius 2 is 2.04 bits per heavy atom. The first-order chi connectivity index (χ1) is 13.4. The summed E-state index contributed by atoms with van der Waals surface area (Å²) in [5.74, 6) is 1.40. The van der Waals surface area contributed by atoms with Crippen LogP contribution in [-0.4, -0.2) is 21.3 Å². The molecule has 8 heteroatoms. The van der Waals surface area contributed by atoms with Crippen LogP contribution in [0.4, 0.5) is 0 Å². The lowest BCUT2D eigenvalue weighted by molar-refractivity contribution is 0.245. The average molecular weight is 480 g/mol. The van der Waals surface area contributed by atoms with Gasteiger partial charge in [-0.2, -0.15) is 0 Å². The normalized spacial score (nSPS) is 15.5. The topological polar surface area (TPSA) is 78.6 Å². The van der Waals surface area contributed by atoms with Crippen molar-refractivity contribution in [2.75, 3.05) is 12.9 Å². The number of primary sulfonamides is 1. The molecule has 0 fully saturated rings. The Hall–Kier alpha value is -1.87. The molecule has 0 aliphatic carbocycles. The Morgan fingerprint density at radius 3 is 2.71 bits per heavy atom. The number of thiophene rings is 1. The van der Waals surface area contributed by atoms with E-state index < -0.39 is 10.0 Å². The molecule has 0 radical (unpaired) electrons. The monoisotopic (exact) mass is 479 g/mol. The molecule has 1 atom stereocenters. The number of benzene rings is 2. The summed E-state index contributed by atoms with van der Waals surface area (Å²) in [4.78, 5) is 1.06. The Bertz CT molecular complexity index is 1140. The van der Waals surface area contributed by atoms with Crippen molar-refractivity contribution >= 4 is 37.3 Å². The Morgan fingerprint density at radius 1 is 1.21 bits per heavy atom. The largest absolute Gasteiger partial charge is 0.496 e. The summed E-state index contributed by atoms with van der Waals surface area (Å²) in [5.41, 5.74) is 3.81. The van der Waals surface area contributed by atoms with Crippen molar-refractivity contribution in [2.24, 2.45) is 5.14 Å². The van der Waals surface area contributed by atoms with E-state index in [1.807, 2.05) is 48.5 Å². The smallest absolute Gasteiger partial charge is 0.209 e. The van der Waals surface area contributed by atoms with Crippen molar-refractivity contribution in [2.45, 2.75) is 12.5 Å². The minimum Gasteiger partial charge on any atom is -0.496 e. The van der Waals surface area contributed by atoms with Crippen LogP contribution in [0.15, 0.2) is 52.3 Å². The van der Waals surface area contributed by atoms with Crippen LogP contribution in [0.5, 0.6) is 11.5 Å². The van der Waals surface area contributed by atoms with E-state index in [4.69, 9.17) is 14.6 Å². The second-order valence-corrected chi connectivity index (χ2v) is 10.7. The molecule has 0 saturated heterocycles. The second-order valence-electron chi connectivity index (χ2n) is 6.51. The first-order valence-electron chi connectivity index (χ1n) is 8.58. The van der Waals surface area contributed by atoms with Crippen molar-refractivity contribution in [1.82, 2.24) is 0 Å². The van der Waals surface area contributed by atoms with Gasteiger partial charge in [0.15, 0.2) is 6.10 Å². The zero-order valence-corrected chi connectivity index (χ0v) is 18.2. The highest BCUT2D eigenvalue weighted by Crippen LogP contribution is 2.50. The maximum Gasteiger partial charge on any atom is 0.209 e. The van der Waals surface area contributed by atoms with E-state index in [9.17, 15) is 8.42 Å². The van der Waals surface area contributed by atoms with Crippen LogP contribution in [-0.2, 0) is 16.4 Å². The number of nitrogens with two attached hydrogens (primary N) is 1. The van der Waals surface area contributed by atoms with Gasteiger partial charge in [-0.15, -0.1) is 11.3 Å². The first-order valence-corrected chi connectivity index (χ1v) is 11.9. The number of hydrogen-bond donors (Lipinski definition) is 1. The second kappa shape index (κ2) is 7.51. The van der Waals surface area contributed by atoms with Gasteiger partial charge in [0.2, 0.25) is 10.0 Å². The van der Waals surface area contributed by atoms with Crippen LogP contribution in [0.2, 0.25) is 0 Å². The van der Waals surface area contributed by atoms with Gasteiger partial charge >= 0.3 is 0 Å². The number of sulfonamides is 1. The Kier molecular flexibility index (Phi) is 5.22. The summed E-state index contributed by atoms with van der Waals surface area (Å²) in [6, 6.07) is 15.7. The molecule has 4 rings (SSSR count). The summed E-state index contributed by atoms with van der Waals surface area (Å²) < 4.78 is 35.7. The van der Waals surface area contributed by atoms with Gasteiger partial charge in [0.25, 0.3) is 0 Å². The number of hydrogen-bond acceptors (Lipinski definition) is 5. The third-order valence-electron chi connectivity index (χ3n) is 4.65. The first kappa shape index (κ1) is 19.4. The zero-order chi connectivity index (χ0) is 19.9. The fourth-order valence-corrected chi connectivity index (χ4v) is 5.38. The molecule has 28 heavy (non-hydrogen) atoms. The molecule has 1 aliphatic heterocycles. The van der Waals surface area contributed by atoms with E-state index in [0.29, 0.717) is 6.42 Å². The molecule has 1 unspecified atom stereocenters. The SMILES string of the molecule is COc1cccc2c1-c1ccc(CCS(N)(=O)=O)cc1C(c1ccc(Br)s1)O2. The predicted molar refractivity (Wildman–Crippen MR) is 115 cm³/mol. The lowest BCUT2D eigenvalue weighted by Gasteiger charge is -2.29. The maximum absolute atomic E-state index is 11.4. The van der Waals surface area contributed by atoms with Gasteiger partial charge in [0.05, 0.1) is 27.1 Å². The molecule has 5 nitrogen and oxygen atoms in total. The number of ether oxygens (including phenoxy) is 2. The molecule has 0 spiro atoms. The molecule has 2 N–H and O–H groups in total. The molecule has 2 aromatic carbocycles. The molecule has 1 aromatic heterocycles. The van der Waals surface area contributed by atoms with Crippen molar-refractivity contribution in [3.63, 3.8) is 0 Å². The quantitative estimate of drug-likeness (QED) is 0.584. The van der Waals surface area contributed by atoms with Gasteiger partial charge < -0.3 is 9.47 Å². The fourth-order valence-electron chi connectivity index (χ4n) is 3.39. The van der Waals surface area contributed by atoms with Crippen molar-refractivity contribution in [3.05, 3.63) is 68.3 Å². The maximum atomic E-state index is 11.4. The number of fused-ring (bicyclic) bond motifs is 3. The predicted octanol–water partition coefficient (Wildman–Crippen LogP) is 4.50. The minimum absolute atomic E-state index is 0.0955. The summed E-state index contributed by atoms with van der Waals surface area (Å²) in [5, 5.41) is 5.17. The summed E-state index contributed by atoms with van der Waals surface area (Å²) in [6.07, 6.45) is 0.0755. The third-order valence-corrected chi connectivity index (χ3v) is 7.09. The molecule has 3 aromatic rings. The lowest BCUT2D eigenvalue weighted by Crippen LogP contribution is -2.19. The number of rotatable bonds is 5. The van der Waals surface area contributed by atoms with Crippen LogP contribution in [0.3, 0.4) is 0 Å². The van der Waals surface area contributed by atoms with E-state index in [1.165, 1.54) is 0 Å². The summed E-state index contributed by atoms with van der Waals surface area (Å²) in [6.45, 7) is 0. The van der Waals surface area contributed by atoms with E-state index in [-0.39, 0.29) is 11.9 Å². The van der Waals surface area contributed by atoms with Gasteiger partial charge in [-0.05, 0) is 57.7 Å². The third kappa shape index (κ3) is 3.82. The van der Waals surface area contributed by atoms with Crippen molar-refractivity contribution < 1.29 is 17.9 Å². The fraction of sp³-hybridized carbons (Fsp3) is 0.200. The van der Waals surface area contributed by atoms with Crippen LogP contribution in [0, 0.1) is 0 Å².